The Hall–Kier alpha value is -1.68. The Bertz CT molecular complexity index is 598. The van der Waals surface area contributed by atoms with Crippen molar-refractivity contribution < 1.29 is 9.18 Å². The van der Waals surface area contributed by atoms with Crippen molar-refractivity contribution in [3.8, 4) is 0 Å². The molecule has 1 N–H and O–H groups in total. The highest BCUT2D eigenvalue weighted by Gasteiger charge is 2.07. The average Bonchev–Trinajstić information content (AvgIpc) is 2.34. The Morgan fingerprint density at radius 1 is 1.22 bits per heavy atom. The van der Waals surface area contributed by atoms with Crippen molar-refractivity contribution in [2.24, 2.45) is 0 Å². The van der Waals surface area contributed by atoms with Gasteiger partial charge in [-0.25, -0.2) is 4.39 Å². The van der Waals surface area contributed by atoms with Gasteiger partial charge in [0, 0.05) is 15.7 Å². The third-order valence-corrected chi connectivity index (χ3v) is 3.39. The zero-order valence-corrected chi connectivity index (χ0v) is 11.3. The van der Waals surface area contributed by atoms with E-state index in [0.29, 0.717) is 11.3 Å². The highest BCUT2D eigenvalue weighted by atomic mass is 79.9. The first kappa shape index (κ1) is 12.8. The van der Waals surface area contributed by atoms with Gasteiger partial charge in [-0.1, -0.05) is 22.0 Å². The Balaban J connectivity index is 2.18. The van der Waals surface area contributed by atoms with E-state index in [0.717, 1.165) is 10.0 Å². The Labute approximate surface area is 113 Å². The van der Waals surface area contributed by atoms with Crippen LogP contribution in [0.3, 0.4) is 0 Å². The van der Waals surface area contributed by atoms with Crippen molar-refractivity contribution in [3.05, 3.63) is 63.9 Å². The summed E-state index contributed by atoms with van der Waals surface area (Å²) in [5.74, 6) is -0.745. The molecule has 2 rings (SSSR count). The zero-order chi connectivity index (χ0) is 13.1. The Kier molecular flexibility index (Phi) is 3.77. The van der Waals surface area contributed by atoms with Gasteiger partial charge in [-0.15, -0.1) is 0 Å². The van der Waals surface area contributed by atoms with Crippen molar-refractivity contribution in [3.63, 3.8) is 0 Å². The van der Waals surface area contributed by atoms with E-state index >= 15 is 0 Å². The van der Waals surface area contributed by atoms with Crippen molar-refractivity contribution in [2.45, 2.75) is 6.92 Å². The number of benzene rings is 2. The molecular formula is C14H11BrFNO. The third kappa shape index (κ3) is 2.96. The number of nitrogens with one attached hydrogen (secondary N) is 1. The summed E-state index contributed by atoms with van der Waals surface area (Å²) < 4.78 is 14.0. The predicted molar refractivity (Wildman–Crippen MR) is 73.2 cm³/mol. The maximum Gasteiger partial charge on any atom is 0.255 e. The van der Waals surface area contributed by atoms with Gasteiger partial charge in [0.15, 0.2) is 0 Å². The van der Waals surface area contributed by atoms with Crippen LogP contribution >= 0.6 is 15.9 Å². The van der Waals surface area contributed by atoms with Crippen molar-refractivity contribution in [1.29, 1.82) is 0 Å². The fourth-order valence-electron chi connectivity index (χ4n) is 1.56. The zero-order valence-electron chi connectivity index (χ0n) is 9.71. The molecule has 0 aromatic heterocycles. The fraction of sp³-hybridized carbons (Fsp3) is 0.0714. The minimum Gasteiger partial charge on any atom is -0.322 e. The highest BCUT2D eigenvalue weighted by molar-refractivity contribution is 9.10. The number of anilines is 1. The molecule has 2 aromatic carbocycles. The molecule has 4 heteroatoms. The number of rotatable bonds is 2. The maximum atomic E-state index is 13.0. The van der Waals surface area contributed by atoms with E-state index in [1.54, 1.807) is 12.1 Å². The Morgan fingerprint density at radius 2 is 2.00 bits per heavy atom. The standard InChI is InChI=1S/C14H11BrFNO/c1-9-7-12(5-6-13(9)15)17-14(18)10-3-2-4-11(16)8-10/h2-8H,1H3,(H,17,18). The first-order chi connectivity index (χ1) is 8.56. The van der Waals surface area contributed by atoms with Gasteiger partial charge < -0.3 is 5.32 Å². The SMILES string of the molecule is Cc1cc(NC(=O)c2cccc(F)c2)ccc1Br. The largest absolute Gasteiger partial charge is 0.322 e. The van der Waals surface area contributed by atoms with Crippen LogP contribution in [-0.2, 0) is 0 Å². The number of hydrogen-bond donors (Lipinski definition) is 1. The monoisotopic (exact) mass is 307 g/mol. The van der Waals surface area contributed by atoms with Crippen LogP contribution in [0.2, 0.25) is 0 Å². The van der Waals surface area contributed by atoms with E-state index in [9.17, 15) is 9.18 Å². The quantitative estimate of drug-likeness (QED) is 0.887. The van der Waals surface area contributed by atoms with Crippen LogP contribution in [0.1, 0.15) is 15.9 Å². The maximum absolute atomic E-state index is 13.0. The lowest BCUT2D eigenvalue weighted by Gasteiger charge is -2.07. The van der Waals surface area contributed by atoms with E-state index in [2.05, 4.69) is 21.2 Å². The molecule has 92 valence electrons. The minimum atomic E-state index is -0.422. The number of hydrogen-bond acceptors (Lipinski definition) is 1. The summed E-state index contributed by atoms with van der Waals surface area (Å²) >= 11 is 3.39. The van der Waals surface area contributed by atoms with Gasteiger partial charge in [-0.2, -0.15) is 0 Å². The number of carbonyl (C=O) groups is 1. The molecule has 0 radical (unpaired) electrons. The van der Waals surface area contributed by atoms with Crippen LogP contribution in [0.5, 0.6) is 0 Å². The minimum absolute atomic E-state index is 0.301. The van der Waals surface area contributed by atoms with E-state index in [1.807, 2.05) is 19.1 Å². The van der Waals surface area contributed by atoms with Gasteiger partial charge in [-0.05, 0) is 48.9 Å². The van der Waals surface area contributed by atoms with E-state index in [-0.39, 0.29) is 5.91 Å². The van der Waals surface area contributed by atoms with Crippen LogP contribution < -0.4 is 5.32 Å². The smallest absolute Gasteiger partial charge is 0.255 e. The van der Waals surface area contributed by atoms with Crippen molar-refractivity contribution in [2.75, 3.05) is 5.32 Å². The topological polar surface area (TPSA) is 29.1 Å². The molecule has 0 fully saturated rings. The fourth-order valence-corrected chi connectivity index (χ4v) is 1.80. The van der Waals surface area contributed by atoms with Crippen molar-refractivity contribution in [1.82, 2.24) is 0 Å². The number of halogens is 2. The molecule has 0 saturated carbocycles. The van der Waals surface area contributed by atoms with Crippen molar-refractivity contribution >= 4 is 27.5 Å². The van der Waals surface area contributed by atoms with Crippen LogP contribution in [0, 0.1) is 12.7 Å². The molecule has 0 bridgehead atoms. The van der Waals surface area contributed by atoms with Crippen LogP contribution in [0.4, 0.5) is 10.1 Å². The summed E-state index contributed by atoms with van der Waals surface area (Å²) in [5, 5.41) is 2.73. The molecule has 0 aliphatic rings. The molecule has 18 heavy (non-hydrogen) atoms. The van der Waals surface area contributed by atoms with Gasteiger partial charge in [0.2, 0.25) is 0 Å². The Morgan fingerprint density at radius 3 is 2.67 bits per heavy atom. The van der Waals surface area contributed by atoms with Crippen LogP contribution in [-0.4, -0.2) is 5.91 Å². The van der Waals surface area contributed by atoms with Gasteiger partial charge >= 0.3 is 0 Å². The summed E-state index contributed by atoms with van der Waals surface area (Å²) in [4.78, 5) is 11.9. The van der Waals surface area contributed by atoms with Gasteiger partial charge in [0.05, 0.1) is 0 Å². The molecule has 0 heterocycles. The number of aryl methyl sites for hydroxylation is 1. The third-order valence-electron chi connectivity index (χ3n) is 2.50. The molecule has 0 spiro atoms. The van der Waals surface area contributed by atoms with E-state index in [1.165, 1.54) is 18.2 Å². The molecular weight excluding hydrogens is 297 g/mol. The normalized spacial score (nSPS) is 10.2. The summed E-state index contributed by atoms with van der Waals surface area (Å²) in [7, 11) is 0. The molecule has 0 aliphatic carbocycles. The van der Waals surface area contributed by atoms with Gasteiger partial charge in [0.25, 0.3) is 5.91 Å². The summed E-state index contributed by atoms with van der Waals surface area (Å²) in [6.45, 7) is 1.93. The van der Waals surface area contributed by atoms with E-state index in [4.69, 9.17) is 0 Å². The molecule has 1 amide bonds. The van der Waals surface area contributed by atoms with Crippen LogP contribution in [0.15, 0.2) is 46.9 Å². The average molecular weight is 308 g/mol. The summed E-state index contributed by atoms with van der Waals surface area (Å²) in [6.07, 6.45) is 0. The lowest BCUT2D eigenvalue weighted by molar-refractivity contribution is 0.102. The van der Waals surface area contributed by atoms with Gasteiger partial charge in [-0.3, -0.25) is 4.79 Å². The molecule has 2 aromatic rings. The highest BCUT2D eigenvalue weighted by Crippen LogP contribution is 2.20. The molecule has 0 saturated heterocycles. The second-order valence-corrected chi connectivity index (χ2v) is 4.78. The molecule has 0 unspecified atom stereocenters. The lowest BCUT2D eigenvalue weighted by atomic mass is 10.2. The predicted octanol–water partition coefficient (Wildman–Crippen LogP) is 4.15. The first-order valence-corrected chi connectivity index (χ1v) is 6.18. The number of carbonyl (C=O) groups excluding carboxylic acids is 1. The van der Waals surface area contributed by atoms with Crippen LogP contribution in [0.25, 0.3) is 0 Å². The lowest BCUT2D eigenvalue weighted by Crippen LogP contribution is -2.12. The second-order valence-electron chi connectivity index (χ2n) is 3.93. The number of amides is 1. The molecule has 0 aliphatic heterocycles. The molecule has 0 atom stereocenters. The second kappa shape index (κ2) is 5.31. The molecule has 2 nitrogen and oxygen atoms in total. The van der Waals surface area contributed by atoms with Gasteiger partial charge in [0.1, 0.15) is 5.82 Å². The summed E-state index contributed by atoms with van der Waals surface area (Å²) in [6, 6.07) is 11.1. The summed E-state index contributed by atoms with van der Waals surface area (Å²) in [5.41, 5.74) is 2.01. The first-order valence-electron chi connectivity index (χ1n) is 5.39. The van der Waals surface area contributed by atoms with E-state index < -0.39 is 5.82 Å².